The van der Waals surface area contributed by atoms with Crippen molar-refractivity contribution in [2.45, 2.75) is 43.9 Å². The van der Waals surface area contributed by atoms with Crippen LogP contribution in [-0.2, 0) is 4.74 Å². The minimum atomic E-state index is -0.539. The summed E-state index contributed by atoms with van der Waals surface area (Å²) >= 11 is 1.65. The van der Waals surface area contributed by atoms with Gasteiger partial charge in [0.1, 0.15) is 6.10 Å². The summed E-state index contributed by atoms with van der Waals surface area (Å²) in [6.45, 7) is 1.35. The number of rotatable bonds is 4. The van der Waals surface area contributed by atoms with Crippen LogP contribution < -0.4 is 10.6 Å². The molecule has 3 aliphatic rings. The highest BCUT2D eigenvalue weighted by molar-refractivity contribution is 7.19. The number of ether oxygens (including phenoxy) is 1. The zero-order valence-corrected chi connectivity index (χ0v) is 16.5. The van der Waals surface area contributed by atoms with Gasteiger partial charge in [0.2, 0.25) is 0 Å². The van der Waals surface area contributed by atoms with Gasteiger partial charge in [-0.25, -0.2) is 0 Å². The molecule has 6 heteroatoms. The average molecular weight is 386 g/mol. The van der Waals surface area contributed by atoms with Crippen LogP contribution in [0, 0.1) is 11.3 Å². The molecule has 0 bridgehead atoms. The van der Waals surface area contributed by atoms with Gasteiger partial charge in [-0.1, -0.05) is 24.6 Å². The zero-order valence-electron chi connectivity index (χ0n) is 15.6. The smallest absolute Gasteiger partial charge is 0.191 e. The third-order valence-electron chi connectivity index (χ3n) is 6.79. The highest BCUT2D eigenvalue weighted by Gasteiger charge is 2.66. The number of aliphatic hydroxyl groups excluding tert-OH is 1. The summed E-state index contributed by atoms with van der Waals surface area (Å²) in [6.07, 6.45) is 4.88. The molecule has 0 radical (unpaired) electrons. The second-order valence-corrected chi connectivity index (χ2v) is 9.22. The molecule has 2 saturated carbocycles. The van der Waals surface area contributed by atoms with Crippen molar-refractivity contribution in [1.29, 1.82) is 0 Å². The molecule has 1 aromatic carbocycles. The van der Waals surface area contributed by atoms with Crippen molar-refractivity contribution in [2.75, 3.05) is 20.2 Å². The Morgan fingerprint density at radius 3 is 3.00 bits per heavy atom. The van der Waals surface area contributed by atoms with E-state index in [0.717, 1.165) is 23.9 Å². The summed E-state index contributed by atoms with van der Waals surface area (Å²) in [5.74, 6) is 1.40. The molecule has 5 rings (SSSR count). The number of fused-ring (bicyclic) bond motifs is 3. The van der Waals surface area contributed by atoms with Gasteiger partial charge >= 0.3 is 0 Å². The third-order valence-corrected chi connectivity index (χ3v) is 8.01. The van der Waals surface area contributed by atoms with Gasteiger partial charge in [-0.05, 0) is 36.8 Å². The maximum Gasteiger partial charge on any atom is 0.191 e. The summed E-state index contributed by atoms with van der Waals surface area (Å²) < 4.78 is 7.21. The van der Waals surface area contributed by atoms with E-state index >= 15 is 0 Å². The van der Waals surface area contributed by atoms with Crippen LogP contribution in [0.25, 0.3) is 10.1 Å². The van der Waals surface area contributed by atoms with Gasteiger partial charge in [-0.15, -0.1) is 11.3 Å². The Bertz CT molecular complexity index is 827. The van der Waals surface area contributed by atoms with E-state index in [1.807, 2.05) is 12.1 Å². The van der Waals surface area contributed by atoms with E-state index in [-0.39, 0.29) is 0 Å². The van der Waals surface area contributed by atoms with E-state index in [4.69, 9.17) is 4.74 Å². The van der Waals surface area contributed by atoms with Gasteiger partial charge in [-0.2, -0.15) is 0 Å². The van der Waals surface area contributed by atoms with Crippen molar-refractivity contribution in [3.8, 4) is 0 Å². The fourth-order valence-corrected chi connectivity index (χ4v) is 6.31. The molecule has 0 amide bonds. The fourth-order valence-electron chi connectivity index (χ4n) is 5.26. The molecule has 2 aromatic rings. The van der Waals surface area contributed by atoms with Crippen LogP contribution in [0.1, 0.15) is 36.7 Å². The van der Waals surface area contributed by atoms with Crippen LogP contribution in [0.2, 0.25) is 0 Å². The Labute approximate surface area is 163 Å². The van der Waals surface area contributed by atoms with Gasteiger partial charge in [0.25, 0.3) is 0 Å². The predicted octanol–water partition coefficient (Wildman–Crippen LogP) is 3.06. The molecular weight excluding hydrogens is 358 g/mol. The number of aliphatic imine (C=N–C) groups is 1. The van der Waals surface area contributed by atoms with Crippen molar-refractivity contribution in [3.05, 3.63) is 35.2 Å². The van der Waals surface area contributed by atoms with E-state index in [1.165, 1.54) is 29.3 Å². The molecule has 1 aliphatic heterocycles. The first-order valence-corrected chi connectivity index (χ1v) is 10.8. The maximum atomic E-state index is 10.6. The zero-order chi connectivity index (χ0) is 18.4. The first-order valence-electron chi connectivity index (χ1n) is 9.96. The molecule has 1 spiro atoms. The summed E-state index contributed by atoms with van der Waals surface area (Å²) in [4.78, 5) is 5.39. The first-order chi connectivity index (χ1) is 13.2. The van der Waals surface area contributed by atoms with E-state index in [1.54, 1.807) is 18.4 Å². The van der Waals surface area contributed by atoms with Gasteiger partial charge in [-0.3, -0.25) is 4.99 Å². The Balaban J connectivity index is 1.22. The number of thiophene rings is 1. The Hall–Kier alpha value is -1.63. The number of hydrogen-bond acceptors (Lipinski definition) is 4. The van der Waals surface area contributed by atoms with E-state index in [9.17, 15) is 5.11 Å². The standard InChI is InChI=1S/C21H27N3O2S/c1-22-20(24-18-14-7-10-26-19(14)21(18)8-4-9-21)23-12-15(25)17-11-13-5-2-3-6-16(13)27-17/h2-3,5-6,11,14-15,18-19,25H,4,7-10,12H2,1H3,(H2,22,23,24). The molecule has 2 aliphatic carbocycles. The Morgan fingerprint density at radius 2 is 2.26 bits per heavy atom. The lowest BCUT2D eigenvalue weighted by Crippen LogP contribution is -2.72. The van der Waals surface area contributed by atoms with Crippen LogP contribution in [-0.4, -0.2) is 43.4 Å². The molecule has 1 aromatic heterocycles. The normalized spacial score (nSPS) is 29.9. The van der Waals surface area contributed by atoms with E-state index < -0.39 is 6.10 Å². The topological polar surface area (TPSA) is 65.9 Å². The van der Waals surface area contributed by atoms with Crippen LogP contribution in [0.4, 0.5) is 0 Å². The van der Waals surface area contributed by atoms with Crippen molar-refractivity contribution in [1.82, 2.24) is 10.6 Å². The molecule has 3 fully saturated rings. The second-order valence-electron chi connectivity index (χ2n) is 8.11. The third kappa shape index (κ3) is 2.77. The average Bonchev–Trinajstić information content (AvgIpc) is 3.25. The molecule has 4 unspecified atom stereocenters. The molecule has 2 heterocycles. The number of hydrogen-bond donors (Lipinski definition) is 3. The van der Waals surface area contributed by atoms with Crippen LogP contribution in [0.5, 0.6) is 0 Å². The minimum Gasteiger partial charge on any atom is -0.386 e. The molecule has 5 nitrogen and oxygen atoms in total. The monoisotopic (exact) mass is 385 g/mol. The largest absolute Gasteiger partial charge is 0.386 e. The fraction of sp³-hybridized carbons (Fsp3) is 0.571. The lowest BCUT2D eigenvalue weighted by atomic mass is 9.46. The first kappa shape index (κ1) is 17.5. The molecule has 4 atom stereocenters. The Kier molecular flexibility index (Phi) is 4.37. The van der Waals surface area contributed by atoms with Crippen LogP contribution >= 0.6 is 11.3 Å². The second kappa shape index (κ2) is 6.76. The highest BCUT2D eigenvalue weighted by atomic mass is 32.1. The summed E-state index contributed by atoms with van der Waals surface area (Å²) in [5.41, 5.74) is 0.322. The van der Waals surface area contributed by atoms with E-state index in [0.29, 0.717) is 30.0 Å². The minimum absolute atomic E-state index is 0.322. The molecule has 3 N–H and O–H groups in total. The summed E-state index contributed by atoms with van der Waals surface area (Å²) in [7, 11) is 1.80. The quantitative estimate of drug-likeness (QED) is 0.559. The maximum absolute atomic E-state index is 10.6. The van der Waals surface area contributed by atoms with E-state index in [2.05, 4.69) is 33.8 Å². The lowest BCUT2D eigenvalue weighted by Gasteiger charge is -2.63. The predicted molar refractivity (Wildman–Crippen MR) is 109 cm³/mol. The SMILES string of the molecule is CN=C(NCC(O)c1cc2ccccc2s1)NC1C2CCOC2C12CCC2. The summed E-state index contributed by atoms with van der Waals surface area (Å²) in [6, 6.07) is 10.8. The number of nitrogens with one attached hydrogen (secondary N) is 2. The van der Waals surface area contributed by atoms with Crippen LogP contribution in [0.3, 0.4) is 0 Å². The number of guanidine groups is 1. The molecule has 27 heavy (non-hydrogen) atoms. The van der Waals surface area contributed by atoms with Crippen LogP contribution in [0.15, 0.2) is 35.3 Å². The summed E-state index contributed by atoms with van der Waals surface area (Å²) in [5, 5.41) is 18.8. The van der Waals surface area contributed by atoms with Gasteiger partial charge in [0.15, 0.2) is 5.96 Å². The van der Waals surface area contributed by atoms with Crippen molar-refractivity contribution < 1.29 is 9.84 Å². The highest BCUT2D eigenvalue weighted by Crippen LogP contribution is 2.62. The Morgan fingerprint density at radius 1 is 1.41 bits per heavy atom. The van der Waals surface area contributed by atoms with Crippen molar-refractivity contribution in [3.63, 3.8) is 0 Å². The number of nitrogens with zero attached hydrogens (tertiary/aromatic N) is 1. The number of benzene rings is 1. The number of aliphatic hydroxyl groups is 1. The van der Waals surface area contributed by atoms with Gasteiger partial charge in [0.05, 0.1) is 6.10 Å². The van der Waals surface area contributed by atoms with Gasteiger partial charge in [0, 0.05) is 47.2 Å². The van der Waals surface area contributed by atoms with Gasteiger partial charge < -0.3 is 20.5 Å². The van der Waals surface area contributed by atoms with Crippen molar-refractivity contribution in [2.24, 2.45) is 16.3 Å². The lowest BCUT2D eigenvalue weighted by molar-refractivity contribution is -0.171. The molecular formula is C21H27N3O2S. The molecule has 1 saturated heterocycles. The van der Waals surface area contributed by atoms with Crippen molar-refractivity contribution >= 4 is 27.4 Å². The molecule has 144 valence electrons.